The van der Waals surface area contributed by atoms with Crippen molar-refractivity contribution in [3.63, 3.8) is 0 Å². The van der Waals surface area contributed by atoms with E-state index in [1.807, 2.05) is 42.2 Å². The van der Waals surface area contributed by atoms with Gasteiger partial charge in [-0.2, -0.15) is 0 Å². The summed E-state index contributed by atoms with van der Waals surface area (Å²) in [5.41, 5.74) is 3.23. The zero-order valence-corrected chi connectivity index (χ0v) is 15.7. The summed E-state index contributed by atoms with van der Waals surface area (Å²) in [5.74, 6) is 0.0447. The summed E-state index contributed by atoms with van der Waals surface area (Å²) >= 11 is 0. The minimum absolute atomic E-state index is 0.0719. The van der Waals surface area contributed by atoms with Crippen LogP contribution in [0.2, 0.25) is 0 Å². The van der Waals surface area contributed by atoms with Crippen LogP contribution in [0, 0.1) is 6.92 Å². The fourth-order valence-corrected chi connectivity index (χ4v) is 4.14. The predicted molar refractivity (Wildman–Crippen MR) is 105 cm³/mol. The molecule has 0 unspecified atom stereocenters. The van der Waals surface area contributed by atoms with E-state index in [1.165, 1.54) is 12.8 Å². The molecule has 1 atom stereocenters. The number of pyridine rings is 1. The Balaban J connectivity index is 1.66. The van der Waals surface area contributed by atoms with Crippen LogP contribution in [-0.4, -0.2) is 34.8 Å². The number of likely N-dealkylation sites (tertiary alicyclic amines) is 1. The summed E-state index contributed by atoms with van der Waals surface area (Å²) in [6, 6.07) is 11.1. The van der Waals surface area contributed by atoms with Crippen LogP contribution in [0.3, 0.4) is 0 Å². The van der Waals surface area contributed by atoms with Gasteiger partial charge in [0.05, 0.1) is 23.7 Å². The Hall–Kier alpha value is -2.69. The molecular weight excluding hydrogens is 338 g/mol. The van der Waals surface area contributed by atoms with Gasteiger partial charge in [-0.15, -0.1) is 0 Å². The first kappa shape index (κ1) is 17.7. The summed E-state index contributed by atoms with van der Waals surface area (Å²) in [5, 5.41) is 0. The second-order valence-electron chi connectivity index (χ2n) is 7.47. The van der Waals surface area contributed by atoms with Crippen molar-refractivity contribution in [3.05, 3.63) is 59.4 Å². The first-order chi connectivity index (χ1) is 13.1. The van der Waals surface area contributed by atoms with Gasteiger partial charge in [-0.3, -0.25) is 19.5 Å². The second kappa shape index (κ2) is 7.51. The lowest BCUT2D eigenvalue weighted by atomic mass is 10.1. The summed E-state index contributed by atoms with van der Waals surface area (Å²) in [7, 11) is 0. The average molecular weight is 363 g/mol. The standard InChI is InChI=1S/C22H25N3O2/c1-16-8-6-9-17(14-16)25-19(21-18(22(25)27)10-7-11-23-21)15-20(26)24-12-4-2-3-5-13-24/h6-11,14,19H,2-5,12-13,15H2,1H3/t19-/m1/s1. The highest BCUT2D eigenvalue weighted by atomic mass is 16.2. The number of anilines is 1. The molecule has 0 radical (unpaired) electrons. The van der Waals surface area contributed by atoms with E-state index in [-0.39, 0.29) is 24.3 Å². The minimum atomic E-state index is -0.341. The highest BCUT2D eigenvalue weighted by Gasteiger charge is 2.40. The molecule has 5 heteroatoms. The highest BCUT2D eigenvalue weighted by molar-refractivity contribution is 6.11. The molecule has 0 saturated carbocycles. The maximum atomic E-state index is 13.1. The van der Waals surface area contributed by atoms with Crippen molar-refractivity contribution < 1.29 is 9.59 Å². The first-order valence-electron chi connectivity index (χ1n) is 9.78. The van der Waals surface area contributed by atoms with Crippen LogP contribution in [0.5, 0.6) is 0 Å². The van der Waals surface area contributed by atoms with Crippen LogP contribution < -0.4 is 4.90 Å². The number of nitrogens with zero attached hydrogens (tertiary/aromatic N) is 3. The number of fused-ring (bicyclic) bond motifs is 1. The van der Waals surface area contributed by atoms with E-state index in [0.717, 1.165) is 37.2 Å². The molecule has 2 amide bonds. The van der Waals surface area contributed by atoms with Crippen molar-refractivity contribution in [2.24, 2.45) is 0 Å². The fraction of sp³-hybridized carbons (Fsp3) is 0.409. The molecule has 0 aliphatic carbocycles. The highest BCUT2D eigenvalue weighted by Crippen LogP contribution is 2.38. The van der Waals surface area contributed by atoms with Gasteiger partial charge in [-0.1, -0.05) is 25.0 Å². The molecule has 0 spiro atoms. The maximum absolute atomic E-state index is 13.1. The predicted octanol–water partition coefficient (Wildman–Crippen LogP) is 3.88. The van der Waals surface area contributed by atoms with Gasteiger partial charge >= 0.3 is 0 Å². The number of hydrogen-bond acceptors (Lipinski definition) is 3. The molecule has 1 saturated heterocycles. The van der Waals surface area contributed by atoms with Crippen LogP contribution in [0.4, 0.5) is 5.69 Å². The molecule has 140 valence electrons. The minimum Gasteiger partial charge on any atom is -0.343 e. The van der Waals surface area contributed by atoms with Crippen LogP contribution in [-0.2, 0) is 4.79 Å². The van der Waals surface area contributed by atoms with E-state index >= 15 is 0 Å². The van der Waals surface area contributed by atoms with Crippen molar-refractivity contribution >= 4 is 17.5 Å². The van der Waals surface area contributed by atoms with Gasteiger partial charge in [0, 0.05) is 25.0 Å². The molecule has 2 aromatic rings. The van der Waals surface area contributed by atoms with Crippen molar-refractivity contribution in [2.75, 3.05) is 18.0 Å². The molecule has 1 fully saturated rings. The van der Waals surface area contributed by atoms with Gasteiger partial charge < -0.3 is 4.90 Å². The molecule has 4 rings (SSSR count). The van der Waals surface area contributed by atoms with E-state index in [9.17, 15) is 9.59 Å². The Labute approximate surface area is 160 Å². The Morgan fingerprint density at radius 1 is 1.11 bits per heavy atom. The van der Waals surface area contributed by atoms with Crippen LogP contribution in [0.25, 0.3) is 0 Å². The van der Waals surface area contributed by atoms with Crippen LogP contribution >= 0.6 is 0 Å². The third kappa shape index (κ3) is 3.46. The van der Waals surface area contributed by atoms with Crippen molar-refractivity contribution in [2.45, 2.75) is 45.1 Å². The lowest BCUT2D eigenvalue weighted by Crippen LogP contribution is -2.36. The Kier molecular flexibility index (Phi) is 4.92. The zero-order valence-electron chi connectivity index (χ0n) is 15.7. The summed E-state index contributed by atoms with van der Waals surface area (Å²) in [4.78, 5) is 34.3. The Morgan fingerprint density at radius 3 is 2.63 bits per heavy atom. The Morgan fingerprint density at radius 2 is 1.89 bits per heavy atom. The van der Waals surface area contributed by atoms with Gasteiger partial charge in [0.15, 0.2) is 0 Å². The zero-order chi connectivity index (χ0) is 18.8. The normalized spacial score (nSPS) is 19.7. The summed E-state index contributed by atoms with van der Waals surface area (Å²) in [6.45, 7) is 3.64. The van der Waals surface area contributed by atoms with Crippen LogP contribution in [0.15, 0.2) is 42.6 Å². The second-order valence-corrected chi connectivity index (χ2v) is 7.47. The molecule has 2 aliphatic rings. The third-order valence-electron chi connectivity index (χ3n) is 5.52. The van der Waals surface area contributed by atoms with Gasteiger partial charge in [0.2, 0.25) is 5.91 Å². The van der Waals surface area contributed by atoms with Crippen molar-refractivity contribution in [3.8, 4) is 0 Å². The molecule has 0 N–H and O–H groups in total. The molecular formula is C22H25N3O2. The molecule has 1 aromatic carbocycles. The maximum Gasteiger partial charge on any atom is 0.260 e. The monoisotopic (exact) mass is 363 g/mol. The molecule has 5 nitrogen and oxygen atoms in total. The van der Waals surface area contributed by atoms with Crippen molar-refractivity contribution in [1.29, 1.82) is 0 Å². The number of rotatable bonds is 3. The van der Waals surface area contributed by atoms with Crippen LogP contribution in [0.1, 0.15) is 59.8 Å². The number of hydrogen-bond donors (Lipinski definition) is 0. The van der Waals surface area contributed by atoms with Gasteiger partial charge in [0.25, 0.3) is 5.91 Å². The number of carbonyl (C=O) groups is 2. The van der Waals surface area contributed by atoms with E-state index < -0.39 is 0 Å². The van der Waals surface area contributed by atoms with E-state index in [4.69, 9.17) is 0 Å². The summed E-state index contributed by atoms with van der Waals surface area (Å²) in [6.07, 6.45) is 6.48. The summed E-state index contributed by atoms with van der Waals surface area (Å²) < 4.78 is 0. The fourth-order valence-electron chi connectivity index (χ4n) is 4.14. The Bertz CT molecular complexity index is 856. The lowest BCUT2D eigenvalue weighted by Gasteiger charge is -2.28. The average Bonchev–Trinajstić information content (AvgIpc) is 2.85. The first-order valence-corrected chi connectivity index (χ1v) is 9.78. The van der Waals surface area contributed by atoms with E-state index in [2.05, 4.69) is 4.98 Å². The van der Waals surface area contributed by atoms with Gasteiger partial charge in [0.1, 0.15) is 0 Å². The molecule has 2 aliphatic heterocycles. The lowest BCUT2D eigenvalue weighted by molar-refractivity contribution is -0.131. The SMILES string of the molecule is Cc1cccc(N2C(=O)c3cccnc3[C@H]2CC(=O)N2CCCCCC2)c1. The number of carbonyl (C=O) groups excluding carboxylic acids is 2. The number of amides is 2. The third-order valence-corrected chi connectivity index (χ3v) is 5.52. The number of aryl methyl sites for hydroxylation is 1. The molecule has 27 heavy (non-hydrogen) atoms. The molecule has 1 aromatic heterocycles. The smallest absolute Gasteiger partial charge is 0.260 e. The number of aromatic nitrogens is 1. The quantitative estimate of drug-likeness (QED) is 0.831. The van der Waals surface area contributed by atoms with E-state index in [0.29, 0.717) is 11.3 Å². The number of benzene rings is 1. The molecule has 3 heterocycles. The van der Waals surface area contributed by atoms with Gasteiger partial charge in [-0.25, -0.2) is 0 Å². The largest absolute Gasteiger partial charge is 0.343 e. The van der Waals surface area contributed by atoms with Crippen molar-refractivity contribution in [1.82, 2.24) is 9.88 Å². The topological polar surface area (TPSA) is 53.5 Å². The van der Waals surface area contributed by atoms with Gasteiger partial charge in [-0.05, 0) is 49.6 Å². The van der Waals surface area contributed by atoms with E-state index in [1.54, 1.807) is 17.2 Å². The molecule has 0 bridgehead atoms.